The molecule has 0 saturated heterocycles. The number of aliphatic carboxylic acids is 1. The molecule has 1 aromatic heterocycles. The lowest BCUT2D eigenvalue weighted by Crippen LogP contribution is -2.47. The van der Waals surface area contributed by atoms with E-state index in [1.165, 1.54) is 0 Å². The lowest BCUT2D eigenvalue weighted by molar-refractivity contribution is -0.156. The average molecular weight is 271 g/mol. The van der Waals surface area contributed by atoms with Crippen LogP contribution in [0.2, 0.25) is 0 Å². The van der Waals surface area contributed by atoms with E-state index in [9.17, 15) is 24.3 Å². The van der Waals surface area contributed by atoms with E-state index in [4.69, 9.17) is 5.11 Å². The number of carboxylic acids is 1. The molecule has 4 N–H and O–H groups in total. The van der Waals surface area contributed by atoms with Gasteiger partial charge < -0.3 is 15.5 Å². The summed E-state index contributed by atoms with van der Waals surface area (Å²) in [7, 11) is 0. The Morgan fingerprint density at radius 1 is 1.42 bits per heavy atom. The summed E-state index contributed by atoms with van der Waals surface area (Å²) in [6, 6.07) is 2.02. The van der Waals surface area contributed by atoms with Gasteiger partial charge in [0.1, 0.15) is 6.54 Å². The second kappa shape index (κ2) is 5.48. The van der Waals surface area contributed by atoms with Crippen molar-refractivity contribution in [3.05, 3.63) is 32.8 Å². The Hall–Kier alpha value is -2.42. The summed E-state index contributed by atoms with van der Waals surface area (Å²) < 4.78 is 0.771. The third-order valence-electron chi connectivity index (χ3n) is 2.28. The number of H-pyrrole nitrogens is 1. The summed E-state index contributed by atoms with van der Waals surface area (Å²) in [5, 5.41) is 22.3. The van der Waals surface area contributed by atoms with Gasteiger partial charge in [0, 0.05) is 12.1 Å². The first-order valence-electron chi connectivity index (χ1n) is 5.25. The number of aliphatic hydroxyl groups is 1. The summed E-state index contributed by atoms with van der Waals surface area (Å²) >= 11 is 0. The van der Waals surface area contributed by atoms with Crippen LogP contribution in [-0.4, -0.2) is 44.0 Å². The first-order valence-corrected chi connectivity index (χ1v) is 5.25. The number of carbonyl (C=O) groups is 2. The smallest absolute Gasteiger partial charge is 0.337 e. The van der Waals surface area contributed by atoms with Crippen LogP contribution in [0.4, 0.5) is 0 Å². The number of nitrogens with zero attached hydrogens (tertiary/aromatic N) is 1. The van der Waals surface area contributed by atoms with Gasteiger partial charge >= 0.3 is 5.97 Å². The molecule has 9 heteroatoms. The first-order chi connectivity index (χ1) is 8.72. The van der Waals surface area contributed by atoms with Crippen LogP contribution in [-0.2, 0) is 16.1 Å². The average Bonchev–Trinajstić information content (AvgIpc) is 2.31. The van der Waals surface area contributed by atoms with E-state index in [0.717, 1.165) is 23.7 Å². The SMILES string of the molecule is CC(O)(CNC(=O)Cn1[nH]c(=O)ccc1=O)C(=O)O. The molecular formula is C10H13N3O6. The van der Waals surface area contributed by atoms with E-state index in [-0.39, 0.29) is 0 Å². The predicted octanol–water partition coefficient (Wildman–Crippen LogP) is -2.51. The van der Waals surface area contributed by atoms with Crippen molar-refractivity contribution < 1.29 is 19.8 Å². The van der Waals surface area contributed by atoms with Crippen molar-refractivity contribution in [2.24, 2.45) is 0 Å². The number of carboxylic acid groups (broad SMARTS) is 1. The molecule has 0 aliphatic carbocycles. The van der Waals surface area contributed by atoms with Gasteiger partial charge in [-0.05, 0) is 6.92 Å². The zero-order chi connectivity index (χ0) is 14.6. The van der Waals surface area contributed by atoms with Gasteiger partial charge in [0.25, 0.3) is 11.1 Å². The molecule has 1 heterocycles. The number of aromatic amines is 1. The highest BCUT2D eigenvalue weighted by Crippen LogP contribution is 2.00. The van der Waals surface area contributed by atoms with Crippen LogP contribution in [0.1, 0.15) is 6.92 Å². The van der Waals surface area contributed by atoms with E-state index in [0.29, 0.717) is 0 Å². The Kier molecular flexibility index (Phi) is 4.22. The molecule has 1 atom stereocenters. The first kappa shape index (κ1) is 14.6. The Bertz CT molecular complexity index is 600. The molecular weight excluding hydrogens is 258 g/mol. The fourth-order valence-corrected chi connectivity index (χ4v) is 1.13. The molecule has 1 aromatic rings. The lowest BCUT2D eigenvalue weighted by atomic mass is 10.1. The standard InChI is InChI=1S/C10H13N3O6/c1-10(19,9(17)18)5-11-7(15)4-13-8(16)3-2-6(14)12-13/h2-3,19H,4-5H2,1H3,(H,11,15)(H,12,14)(H,17,18). The molecule has 0 bridgehead atoms. The third kappa shape index (κ3) is 4.07. The van der Waals surface area contributed by atoms with Crippen LogP contribution in [0.5, 0.6) is 0 Å². The highest BCUT2D eigenvalue weighted by Gasteiger charge is 2.30. The van der Waals surface area contributed by atoms with Crippen molar-refractivity contribution in [1.29, 1.82) is 0 Å². The number of hydrogen-bond acceptors (Lipinski definition) is 5. The normalized spacial score (nSPS) is 13.6. The zero-order valence-corrected chi connectivity index (χ0v) is 10.0. The highest BCUT2D eigenvalue weighted by atomic mass is 16.4. The van der Waals surface area contributed by atoms with E-state index in [2.05, 4.69) is 10.4 Å². The highest BCUT2D eigenvalue weighted by molar-refractivity contribution is 5.80. The van der Waals surface area contributed by atoms with Gasteiger partial charge in [-0.1, -0.05) is 0 Å². The van der Waals surface area contributed by atoms with Crippen LogP contribution in [0.3, 0.4) is 0 Å². The van der Waals surface area contributed by atoms with Gasteiger partial charge in [-0.3, -0.25) is 19.5 Å². The molecule has 0 aromatic carbocycles. The quantitative estimate of drug-likeness (QED) is 0.466. The van der Waals surface area contributed by atoms with Crippen molar-refractivity contribution >= 4 is 11.9 Å². The Morgan fingerprint density at radius 2 is 2.05 bits per heavy atom. The van der Waals surface area contributed by atoms with Crippen molar-refractivity contribution in [3.63, 3.8) is 0 Å². The molecule has 9 nitrogen and oxygen atoms in total. The van der Waals surface area contributed by atoms with Crippen LogP contribution in [0, 0.1) is 0 Å². The van der Waals surface area contributed by atoms with Crippen molar-refractivity contribution in [1.82, 2.24) is 15.1 Å². The second-order valence-electron chi connectivity index (χ2n) is 4.09. The number of hydrogen-bond donors (Lipinski definition) is 4. The fourth-order valence-electron chi connectivity index (χ4n) is 1.13. The maximum atomic E-state index is 11.4. The second-order valence-corrected chi connectivity index (χ2v) is 4.09. The number of rotatable bonds is 5. The lowest BCUT2D eigenvalue weighted by Gasteiger charge is -2.18. The van der Waals surface area contributed by atoms with Crippen LogP contribution >= 0.6 is 0 Å². The Balaban J connectivity index is 2.67. The van der Waals surface area contributed by atoms with E-state index in [1.807, 2.05) is 0 Å². The predicted molar refractivity (Wildman–Crippen MR) is 62.6 cm³/mol. The van der Waals surface area contributed by atoms with Crippen LogP contribution in [0.25, 0.3) is 0 Å². The summed E-state index contributed by atoms with van der Waals surface area (Å²) in [6.07, 6.45) is 0. The fraction of sp³-hybridized carbons (Fsp3) is 0.400. The molecule has 1 amide bonds. The minimum Gasteiger partial charge on any atom is -0.479 e. The van der Waals surface area contributed by atoms with Gasteiger partial charge in [-0.15, -0.1) is 0 Å². The van der Waals surface area contributed by atoms with Crippen molar-refractivity contribution in [2.75, 3.05) is 6.54 Å². The van der Waals surface area contributed by atoms with Gasteiger partial charge in [0.05, 0.1) is 6.54 Å². The Labute approximate surface area is 106 Å². The van der Waals surface area contributed by atoms with Gasteiger partial charge in [0.15, 0.2) is 5.60 Å². The molecule has 0 radical (unpaired) electrons. The van der Waals surface area contributed by atoms with Gasteiger partial charge in [-0.25, -0.2) is 9.48 Å². The summed E-state index contributed by atoms with van der Waals surface area (Å²) in [4.78, 5) is 44.3. The Morgan fingerprint density at radius 3 is 2.63 bits per heavy atom. The molecule has 104 valence electrons. The number of carbonyl (C=O) groups excluding carboxylic acids is 1. The zero-order valence-electron chi connectivity index (χ0n) is 10.0. The maximum absolute atomic E-state index is 11.4. The van der Waals surface area contributed by atoms with E-state index in [1.54, 1.807) is 0 Å². The minimum atomic E-state index is -2.11. The molecule has 1 rings (SSSR count). The van der Waals surface area contributed by atoms with Crippen LogP contribution in [0.15, 0.2) is 21.7 Å². The summed E-state index contributed by atoms with van der Waals surface area (Å²) in [5.41, 5.74) is -3.24. The van der Waals surface area contributed by atoms with E-state index < -0.39 is 41.7 Å². The molecule has 0 aliphatic heterocycles. The number of amides is 1. The third-order valence-corrected chi connectivity index (χ3v) is 2.28. The van der Waals surface area contributed by atoms with Crippen molar-refractivity contribution in [3.8, 4) is 0 Å². The minimum absolute atomic E-state index is 0.482. The maximum Gasteiger partial charge on any atom is 0.337 e. The van der Waals surface area contributed by atoms with Gasteiger partial charge in [0.2, 0.25) is 5.91 Å². The molecule has 0 aliphatic rings. The molecule has 0 saturated carbocycles. The molecule has 0 fully saturated rings. The monoisotopic (exact) mass is 271 g/mol. The number of aromatic nitrogens is 2. The van der Waals surface area contributed by atoms with Crippen molar-refractivity contribution in [2.45, 2.75) is 19.1 Å². The largest absolute Gasteiger partial charge is 0.479 e. The summed E-state index contributed by atoms with van der Waals surface area (Å²) in [5.74, 6) is -2.21. The van der Waals surface area contributed by atoms with Gasteiger partial charge in [-0.2, -0.15) is 0 Å². The van der Waals surface area contributed by atoms with Crippen LogP contribution < -0.4 is 16.4 Å². The summed E-state index contributed by atoms with van der Waals surface area (Å²) in [6.45, 7) is 0.0176. The molecule has 19 heavy (non-hydrogen) atoms. The molecule has 1 unspecified atom stereocenters. The number of nitrogens with one attached hydrogen (secondary N) is 2. The topological polar surface area (TPSA) is 141 Å². The van der Waals surface area contributed by atoms with E-state index >= 15 is 0 Å². The molecule has 0 spiro atoms.